The Balaban J connectivity index is 0.00000176. The number of hydrogen-bond acceptors (Lipinski definition) is 5. The van der Waals surface area contributed by atoms with E-state index in [2.05, 4.69) is 0 Å². The van der Waals surface area contributed by atoms with E-state index in [9.17, 15) is 19.8 Å². The summed E-state index contributed by atoms with van der Waals surface area (Å²) in [5, 5.41) is 21.4. The van der Waals surface area contributed by atoms with Crippen molar-refractivity contribution in [1.29, 1.82) is 0 Å². The van der Waals surface area contributed by atoms with Crippen molar-refractivity contribution in [3.63, 3.8) is 0 Å². The third kappa shape index (κ3) is 2.64. The van der Waals surface area contributed by atoms with Crippen LogP contribution in [0.2, 0.25) is 0 Å². The molecule has 6 nitrogen and oxygen atoms in total. The van der Waals surface area contributed by atoms with Gasteiger partial charge >= 0.3 is 51.4 Å². The first-order valence-corrected chi connectivity index (χ1v) is 7.57. The van der Waals surface area contributed by atoms with Gasteiger partial charge in [0, 0.05) is 12.5 Å². The number of hydrogen-bond donors (Lipinski definition) is 1. The normalized spacial score (nSPS) is 34.5. The number of amides is 1. The first-order valence-electron chi connectivity index (χ1n) is 7.57. The number of aliphatic hydroxyl groups is 1. The Morgan fingerprint density at radius 2 is 2.18 bits per heavy atom. The average Bonchev–Trinajstić information content (AvgIpc) is 2.70. The molecule has 3 rings (SSSR count). The van der Waals surface area contributed by atoms with Gasteiger partial charge in [0.2, 0.25) is 5.91 Å². The van der Waals surface area contributed by atoms with Crippen molar-refractivity contribution in [2.24, 2.45) is 11.8 Å². The molecule has 0 spiro atoms. The van der Waals surface area contributed by atoms with Gasteiger partial charge in [0.05, 0.1) is 35.8 Å². The Hall–Kier alpha value is 0.236. The molecular formula is C15H20KNO5. The number of carboxylic acids is 1. The van der Waals surface area contributed by atoms with E-state index in [1.54, 1.807) is 6.92 Å². The molecule has 1 N–H and O–H groups in total. The molecule has 0 bridgehead atoms. The Morgan fingerprint density at radius 1 is 1.50 bits per heavy atom. The van der Waals surface area contributed by atoms with Gasteiger partial charge in [0.15, 0.2) is 0 Å². The zero-order valence-corrected chi connectivity index (χ0v) is 16.4. The molecule has 2 aliphatic heterocycles. The Kier molecular flexibility index (Phi) is 5.91. The van der Waals surface area contributed by atoms with E-state index in [1.165, 1.54) is 4.90 Å². The second kappa shape index (κ2) is 7.00. The van der Waals surface area contributed by atoms with Crippen LogP contribution in [0.1, 0.15) is 33.1 Å². The van der Waals surface area contributed by atoms with Crippen LogP contribution in [0.3, 0.4) is 0 Å². The van der Waals surface area contributed by atoms with Crippen molar-refractivity contribution < 1.29 is 75.9 Å². The molecule has 3 aliphatic rings. The number of rotatable bonds is 4. The monoisotopic (exact) mass is 333 g/mol. The third-order valence-corrected chi connectivity index (χ3v) is 4.92. The molecule has 1 aliphatic carbocycles. The maximum absolute atomic E-state index is 12.2. The van der Waals surface area contributed by atoms with Gasteiger partial charge in [-0.2, -0.15) is 0 Å². The van der Waals surface area contributed by atoms with Gasteiger partial charge in [-0.1, -0.05) is 0 Å². The Bertz CT molecular complexity index is 516. The van der Waals surface area contributed by atoms with Crippen molar-refractivity contribution in [1.82, 2.24) is 4.90 Å². The first-order chi connectivity index (χ1) is 9.99. The summed E-state index contributed by atoms with van der Waals surface area (Å²) in [6.07, 6.45) is 1.51. The number of nitrogens with zero attached hydrogens (tertiary/aromatic N) is 1. The molecule has 1 saturated carbocycles. The maximum atomic E-state index is 12.2. The average molecular weight is 333 g/mol. The summed E-state index contributed by atoms with van der Waals surface area (Å²) in [6.45, 7) is 3.95. The predicted octanol–water partition coefficient (Wildman–Crippen LogP) is -3.58. The molecule has 2 fully saturated rings. The summed E-state index contributed by atoms with van der Waals surface area (Å²) in [7, 11) is 0. The van der Waals surface area contributed by atoms with Gasteiger partial charge in [-0.25, -0.2) is 0 Å². The fraction of sp³-hybridized carbons (Fsp3) is 0.733. The number of fused-ring (bicyclic) bond motifs is 3. The number of ether oxygens (including phenoxy) is 1. The predicted molar refractivity (Wildman–Crippen MR) is 70.6 cm³/mol. The molecule has 1 saturated heterocycles. The fourth-order valence-corrected chi connectivity index (χ4v) is 4.20. The van der Waals surface area contributed by atoms with Crippen LogP contribution in [0.5, 0.6) is 0 Å². The van der Waals surface area contributed by atoms with Crippen LogP contribution in [-0.4, -0.2) is 46.7 Å². The largest absolute Gasteiger partial charge is 1.00 e. The Morgan fingerprint density at radius 3 is 2.73 bits per heavy atom. The second-order valence-electron chi connectivity index (χ2n) is 6.04. The van der Waals surface area contributed by atoms with Crippen molar-refractivity contribution in [2.75, 3.05) is 6.61 Å². The minimum Gasteiger partial charge on any atom is -0.543 e. The zero-order chi connectivity index (χ0) is 15.3. The van der Waals surface area contributed by atoms with Crippen molar-refractivity contribution >= 4 is 11.9 Å². The number of β-lactam (4-membered cyclic amide) rings is 1. The minimum atomic E-state index is -1.32. The fourth-order valence-electron chi connectivity index (χ4n) is 4.20. The first kappa shape index (κ1) is 18.6. The summed E-state index contributed by atoms with van der Waals surface area (Å²) in [4.78, 5) is 25.1. The van der Waals surface area contributed by atoms with E-state index in [1.807, 2.05) is 6.92 Å². The van der Waals surface area contributed by atoms with Gasteiger partial charge in [0.1, 0.15) is 0 Å². The molecule has 1 amide bonds. The summed E-state index contributed by atoms with van der Waals surface area (Å²) in [6, 6.07) is -0.247. The van der Waals surface area contributed by atoms with Crippen molar-refractivity contribution in [3.05, 3.63) is 11.3 Å². The molecule has 0 aromatic heterocycles. The molecule has 7 heteroatoms. The molecular weight excluding hydrogens is 313 g/mol. The van der Waals surface area contributed by atoms with Crippen molar-refractivity contribution in [2.45, 2.75) is 51.4 Å². The van der Waals surface area contributed by atoms with Crippen LogP contribution >= 0.6 is 0 Å². The van der Waals surface area contributed by atoms with Crippen LogP contribution in [-0.2, 0) is 14.3 Å². The van der Waals surface area contributed by atoms with Gasteiger partial charge in [-0.15, -0.1) is 0 Å². The van der Waals surface area contributed by atoms with Crippen LogP contribution < -0.4 is 56.5 Å². The van der Waals surface area contributed by atoms with E-state index in [0.717, 1.165) is 19.3 Å². The minimum absolute atomic E-state index is 0. The van der Waals surface area contributed by atoms with Gasteiger partial charge in [-0.05, 0) is 38.7 Å². The third-order valence-electron chi connectivity index (χ3n) is 4.92. The molecule has 5 atom stereocenters. The van der Waals surface area contributed by atoms with Gasteiger partial charge in [-0.3, -0.25) is 4.79 Å². The topological polar surface area (TPSA) is 89.9 Å². The smallest absolute Gasteiger partial charge is 0.543 e. The summed E-state index contributed by atoms with van der Waals surface area (Å²) >= 11 is 0. The second-order valence-corrected chi connectivity index (χ2v) is 6.04. The molecule has 5 unspecified atom stereocenters. The number of aliphatic hydroxyl groups excluding tert-OH is 1. The van der Waals surface area contributed by atoms with E-state index < -0.39 is 18.0 Å². The van der Waals surface area contributed by atoms with Crippen molar-refractivity contribution in [3.8, 4) is 0 Å². The molecule has 0 aromatic rings. The van der Waals surface area contributed by atoms with E-state index in [4.69, 9.17) is 4.74 Å². The quantitative estimate of drug-likeness (QED) is 0.424. The number of carbonyl (C=O) groups is 2. The van der Waals surface area contributed by atoms with E-state index in [0.29, 0.717) is 12.2 Å². The molecule has 22 heavy (non-hydrogen) atoms. The summed E-state index contributed by atoms with van der Waals surface area (Å²) in [5.74, 6) is -2.17. The summed E-state index contributed by atoms with van der Waals surface area (Å²) in [5.41, 5.74) is 0.689. The molecule has 2 heterocycles. The molecule has 0 radical (unpaired) electrons. The Labute approximate surface area is 172 Å². The number of aliphatic carboxylic acids is 1. The number of carbonyl (C=O) groups excluding carboxylic acids is 2. The number of carboxylic acid groups (broad SMARTS) is 1. The maximum Gasteiger partial charge on any atom is 1.00 e. The van der Waals surface area contributed by atoms with Crippen LogP contribution in [0.15, 0.2) is 11.3 Å². The van der Waals surface area contributed by atoms with Crippen LogP contribution in [0.4, 0.5) is 0 Å². The van der Waals surface area contributed by atoms with Crippen LogP contribution in [0.25, 0.3) is 0 Å². The SMILES string of the molecule is CCOC1CCCC2C1=C(C(=O)[O-])N1C(=O)C(C(C)O)C21.[K+]. The van der Waals surface area contributed by atoms with Crippen LogP contribution in [0, 0.1) is 11.8 Å². The molecule has 116 valence electrons. The van der Waals surface area contributed by atoms with E-state index >= 15 is 0 Å². The van der Waals surface area contributed by atoms with Gasteiger partial charge in [0.25, 0.3) is 0 Å². The summed E-state index contributed by atoms with van der Waals surface area (Å²) < 4.78 is 5.68. The van der Waals surface area contributed by atoms with Gasteiger partial charge < -0.3 is 24.6 Å². The molecule has 0 aromatic carbocycles. The zero-order valence-electron chi connectivity index (χ0n) is 13.2. The standard InChI is InChI=1S/C15H21NO5.K/c1-3-21-9-6-4-5-8-11(9)13(15(19)20)16-12(8)10(7(2)17)14(16)18;/h7-10,12,17H,3-6H2,1-2H3,(H,19,20);/q;+1/p-1. The van der Waals surface area contributed by atoms with E-state index in [-0.39, 0.29) is 81.1 Å².